The van der Waals surface area contributed by atoms with Gasteiger partial charge in [0.2, 0.25) is 0 Å². The second-order valence-corrected chi connectivity index (χ2v) is 26.6. The van der Waals surface area contributed by atoms with E-state index in [1.54, 1.807) is 0 Å². The van der Waals surface area contributed by atoms with Crippen LogP contribution in [0.15, 0.2) is 92.4 Å². The van der Waals surface area contributed by atoms with Gasteiger partial charge in [0.25, 0.3) is 0 Å². The third-order valence-corrected chi connectivity index (χ3v) is 23.0. The molecule has 7 aromatic rings. The van der Waals surface area contributed by atoms with Crippen molar-refractivity contribution in [2.75, 3.05) is 128 Å². The number of hydrogen-bond donors (Lipinski definition) is 2. The lowest BCUT2D eigenvalue weighted by Gasteiger charge is -2.35. The van der Waals surface area contributed by atoms with Crippen LogP contribution in [0.2, 0.25) is 0 Å². The highest BCUT2D eigenvalue weighted by molar-refractivity contribution is 8.00. The van der Waals surface area contributed by atoms with E-state index in [0.717, 1.165) is 201 Å². The molecule has 9 rings (SSSR count). The van der Waals surface area contributed by atoms with E-state index in [-0.39, 0.29) is 0 Å². The molecule has 0 fully saturated rings. The van der Waals surface area contributed by atoms with Gasteiger partial charge in [-0.25, -0.2) is 29.9 Å². The first-order valence-corrected chi connectivity index (χ1v) is 34.1. The summed E-state index contributed by atoms with van der Waals surface area (Å²) in [5, 5.41) is 3.99. The normalized spacial score (nSPS) is 12.9. The summed E-state index contributed by atoms with van der Waals surface area (Å²) in [7, 11) is 0. The fraction of sp³-hybridized carbons (Fsp3) is 0.500. The average Bonchev–Trinajstić information content (AvgIpc) is 4.29. The molecule has 16 heteroatoms. The van der Waals surface area contributed by atoms with Crippen molar-refractivity contribution in [3.05, 3.63) is 72.8 Å². The van der Waals surface area contributed by atoms with Gasteiger partial charge in [-0.2, -0.15) is 0 Å². The summed E-state index contributed by atoms with van der Waals surface area (Å²) in [6.45, 7) is 46.0. The van der Waals surface area contributed by atoms with Crippen molar-refractivity contribution in [2.45, 2.75) is 103 Å². The molecule has 2 aliphatic rings. The molecule has 3 aromatic heterocycles. The van der Waals surface area contributed by atoms with Crippen LogP contribution in [0.25, 0.3) is 89.7 Å². The number of H-pyrrole nitrogens is 2. The minimum atomic E-state index is 0.627. The molecule has 0 saturated carbocycles. The van der Waals surface area contributed by atoms with E-state index in [1.165, 1.54) is 19.6 Å². The summed E-state index contributed by atoms with van der Waals surface area (Å²) in [5.41, 5.74) is 6.75. The lowest BCUT2D eigenvalue weighted by molar-refractivity contribution is -0.920. The Balaban J connectivity index is 1.25. The number of nitrogens with zero attached hydrogens (tertiary/aromatic N) is 10. The maximum absolute atomic E-state index is 5.51. The van der Waals surface area contributed by atoms with Crippen LogP contribution in [0.1, 0.15) is 83.1 Å². The minimum Gasteiger partial charge on any atom is -0.324 e. The molecular formula is C64H90N12S4+4. The van der Waals surface area contributed by atoms with Crippen molar-refractivity contribution in [1.82, 2.24) is 39.9 Å². The molecule has 0 saturated heterocycles. The fourth-order valence-electron chi connectivity index (χ4n) is 12.1. The highest BCUT2D eigenvalue weighted by Gasteiger charge is 2.27. The number of nitrogens with one attached hydrogen (secondary N) is 2. The van der Waals surface area contributed by atoms with Gasteiger partial charge in [-0.05, 0) is 156 Å². The molecule has 2 N–H and O–H groups in total. The Labute approximate surface area is 494 Å². The van der Waals surface area contributed by atoms with Gasteiger partial charge in [0.15, 0.2) is 23.3 Å². The number of aromatic nitrogens is 8. The molecular weight excluding hydrogens is 1070 g/mol. The average molecular weight is 1160 g/mol. The van der Waals surface area contributed by atoms with Crippen LogP contribution >= 0.6 is 47.0 Å². The number of aromatic amines is 2. The molecule has 0 aliphatic carbocycles. The number of fused-ring (bicyclic) bond motifs is 20. The smallest absolute Gasteiger partial charge is 0.164 e. The van der Waals surface area contributed by atoms with Gasteiger partial charge in [0, 0.05) is 86.4 Å². The molecule has 0 unspecified atom stereocenters. The topological polar surface area (TPSA) is 109 Å². The molecule has 0 amide bonds. The summed E-state index contributed by atoms with van der Waals surface area (Å²) in [6, 6.07) is 27.0. The summed E-state index contributed by atoms with van der Waals surface area (Å²) >= 11 is 7.69. The molecule has 426 valence electrons. The Bertz CT molecular complexity index is 3190. The highest BCUT2D eigenvalue weighted by atomic mass is 32.2. The van der Waals surface area contributed by atoms with Gasteiger partial charge in [0.05, 0.1) is 105 Å². The maximum Gasteiger partial charge on any atom is 0.164 e. The van der Waals surface area contributed by atoms with Crippen LogP contribution in [-0.2, 0) is 0 Å². The lowest BCUT2D eigenvalue weighted by Crippen LogP contribution is -2.48. The molecule has 8 bridgehead atoms. The van der Waals surface area contributed by atoms with Crippen molar-refractivity contribution in [2.24, 2.45) is 0 Å². The Morgan fingerprint density at radius 3 is 0.825 bits per heavy atom. The molecule has 12 nitrogen and oxygen atoms in total. The maximum atomic E-state index is 5.51. The van der Waals surface area contributed by atoms with Crippen LogP contribution in [0.5, 0.6) is 0 Å². The van der Waals surface area contributed by atoms with E-state index in [1.807, 2.05) is 47.0 Å². The van der Waals surface area contributed by atoms with Gasteiger partial charge in [-0.3, -0.25) is 0 Å². The molecule has 80 heavy (non-hydrogen) atoms. The van der Waals surface area contributed by atoms with E-state index >= 15 is 0 Å². The van der Waals surface area contributed by atoms with Gasteiger partial charge in [-0.1, -0.05) is 0 Å². The van der Waals surface area contributed by atoms with E-state index in [2.05, 4.69) is 166 Å². The van der Waals surface area contributed by atoms with E-state index in [9.17, 15) is 0 Å². The molecule has 0 spiro atoms. The van der Waals surface area contributed by atoms with Gasteiger partial charge < -0.3 is 27.9 Å². The van der Waals surface area contributed by atoms with E-state index in [4.69, 9.17) is 29.9 Å². The van der Waals surface area contributed by atoms with Gasteiger partial charge in [0.1, 0.15) is 22.6 Å². The van der Waals surface area contributed by atoms with Gasteiger partial charge in [-0.15, -0.1) is 47.0 Å². The molecule has 4 aromatic carbocycles. The van der Waals surface area contributed by atoms with E-state index < -0.39 is 0 Å². The number of benzene rings is 4. The van der Waals surface area contributed by atoms with E-state index in [0.29, 0.717) is 34.6 Å². The van der Waals surface area contributed by atoms with Crippen molar-refractivity contribution in [3.63, 3.8) is 0 Å². The zero-order chi connectivity index (χ0) is 56.7. The van der Waals surface area contributed by atoms with Crippen molar-refractivity contribution in [1.29, 1.82) is 0 Å². The van der Waals surface area contributed by atoms with Crippen molar-refractivity contribution < 1.29 is 17.9 Å². The number of hydrogen-bond acceptors (Lipinski definition) is 10. The summed E-state index contributed by atoms with van der Waals surface area (Å²) in [4.78, 5) is 45.1. The third-order valence-electron chi connectivity index (χ3n) is 19.1. The number of rotatable bonds is 28. The van der Waals surface area contributed by atoms with Crippen LogP contribution in [0, 0.1) is 0 Å². The Kier molecular flexibility index (Phi) is 19.8. The standard InChI is InChI=1S/C64H90N12S4/c1-13-73(14-2,15-3)33-37-77-45-25-29-49-53(41-45)61-65-57(49)70-62-55-43-47(79-39-35-75(19-7,20-8)21-9)27-31-51(55)59(67-62)72-64-56-44-48(80-40-36-76(22-10,23-11)24-12)28-32-52(56)60(68-64)71-63-54-42-46(26-30-50(54)58(66-63)69-61)78-38-34-74(16-4,17-5)18-6/h25-32,41-44H,13-24,33-40H2,1-12H3,(H2,65,66,67,68,69,70,71,72)/q+4. The molecule has 5 heterocycles. The fourth-order valence-corrected chi connectivity index (χ4v) is 16.4. The Hall–Kier alpha value is -4.52. The molecule has 0 atom stereocenters. The molecule has 2 aliphatic heterocycles. The van der Waals surface area contributed by atoms with Crippen LogP contribution in [0.4, 0.5) is 0 Å². The minimum absolute atomic E-state index is 0.627. The zero-order valence-electron chi connectivity index (χ0n) is 50.2. The van der Waals surface area contributed by atoms with Crippen LogP contribution in [0.3, 0.4) is 0 Å². The Morgan fingerprint density at radius 1 is 0.287 bits per heavy atom. The van der Waals surface area contributed by atoms with Gasteiger partial charge >= 0.3 is 0 Å². The number of thioether (sulfide) groups is 4. The predicted molar refractivity (Wildman–Crippen MR) is 346 cm³/mol. The summed E-state index contributed by atoms with van der Waals surface area (Å²) < 4.78 is 4.46. The van der Waals surface area contributed by atoms with Crippen molar-refractivity contribution in [3.8, 4) is 45.6 Å². The highest BCUT2D eigenvalue weighted by Crippen LogP contribution is 2.41. The van der Waals surface area contributed by atoms with Crippen molar-refractivity contribution >= 4 is 91.2 Å². The summed E-state index contributed by atoms with van der Waals surface area (Å²) in [6.07, 6.45) is 0. The predicted octanol–water partition coefficient (Wildman–Crippen LogP) is 14.7. The third kappa shape index (κ3) is 12.5. The zero-order valence-corrected chi connectivity index (χ0v) is 53.4. The quantitative estimate of drug-likeness (QED) is 0.0363. The second-order valence-electron chi connectivity index (χ2n) is 21.9. The largest absolute Gasteiger partial charge is 0.324 e. The van der Waals surface area contributed by atoms with Crippen LogP contribution in [-0.4, -0.2) is 186 Å². The first-order chi connectivity index (χ1) is 38.8. The summed E-state index contributed by atoms with van der Waals surface area (Å²) in [5.74, 6) is 6.64. The number of quaternary nitrogens is 4. The second kappa shape index (κ2) is 26.4. The lowest BCUT2D eigenvalue weighted by atomic mass is 10.1. The first kappa shape index (κ1) is 60.1. The molecule has 0 radical (unpaired) electrons. The monoisotopic (exact) mass is 1150 g/mol. The first-order valence-electron chi connectivity index (χ1n) is 30.2. The Morgan fingerprint density at radius 2 is 0.537 bits per heavy atom. The SMILES string of the molecule is CC[N+](CC)(CC)CCSc1ccc2c(c1)-c1nc-2nc2[nH]c(nc3nc(nc4[nH]c(n1)c1ccc(SCC[N+](CC)(CC)CC)cc41)-c1ccc(SCC[N+](CC)(CC)CC)cc1-3)c1ccc(SCC[N+](CC)(CC)CC)cc21. The van der Waals surface area contributed by atoms with Crippen LogP contribution < -0.4 is 0 Å².